The number of nitrogens with one attached hydrogen (secondary N) is 1. The summed E-state index contributed by atoms with van der Waals surface area (Å²) < 4.78 is 5.47. The maximum Gasteiger partial charge on any atom is 0.261 e. The van der Waals surface area contributed by atoms with Gasteiger partial charge in [0.1, 0.15) is 10.8 Å². The van der Waals surface area contributed by atoms with Crippen LogP contribution in [0.1, 0.15) is 70.1 Å². The smallest absolute Gasteiger partial charge is 0.261 e. The second-order valence-electron chi connectivity index (χ2n) is 8.39. The van der Waals surface area contributed by atoms with Crippen LogP contribution >= 0.6 is 23.2 Å². The highest BCUT2D eigenvalue weighted by Gasteiger charge is 2.34. The number of unbranched alkanes of at least 4 members (excludes halogenated alkanes) is 3. The van der Waals surface area contributed by atoms with E-state index in [1.54, 1.807) is 24.3 Å². The molecular weight excluding hydrogens is 503 g/mol. The summed E-state index contributed by atoms with van der Waals surface area (Å²) in [6.07, 6.45) is 3.61. The van der Waals surface area contributed by atoms with Crippen molar-refractivity contribution in [2.24, 2.45) is 0 Å². The molecule has 3 amide bonds. The molecule has 1 heterocycles. The third kappa shape index (κ3) is 6.33. The van der Waals surface area contributed by atoms with Gasteiger partial charge in [0.2, 0.25) is 0 Å². The SMILES string of the molecule is C=C(CC)C(=O)c1ccc(OCC(=O)NCCCCCCN2C(=O)c3ccccc3C2=O)c(Cl)c1Cl. The summed E-state index contributed by atoms with van der Waals surface area (Å²) in [5.41, 5.74) is 1.59. The minimum absolute atomic E-state index is 0.0652. The summed E-state index contributed by atoms with van der Waals surface area (Å²) in [7, 11) is 0. The van der Waals surface area contributed by atoms with Crippen molar-refractivity contribution in [3.8, 4) is 5.75 Å². The number of allylic oxidation sites excluding steroid dienone is 1. The Morgan fingerprint density at radius 1 is 0.944 bits per heavy atom. The number of ketones is 1. The molecule has 3 rings (SSSR count). The average Bonchev–Trinajstić information content (AvgIpc) is 3.13. The van der Waals surface area contributed by atoms with Crippen LogP contribution in [-0.4, -0.2) is 48.1 Å². The van der Waals surface area contributed by atoms with E-state index in [0.717, 1.165) is 19.3 Å². The van der Waals surface area contributed by atoms with Gasteiger partial charge in [-0.1, -0.05) is 61.7 Å². The molecule has 0 unspecified atom stereocenters. The van der Waals surface area contributed by atoms with Gasteiger partial charge in [0, 0.05) is 18.7 Å². The number of amides is 3. The first-order valence-electron chi connectivity index (χ1n) is 11.8. The zero-order valence-electron chi connectivity index (χ0n) is 20.1. The quantitative estimate of drug-likeness (QED) is 0.160. The number of benzene rings is 2. The normalized spacial score (nSPS) is 12.5. The van der Waals surface area contributed by atoms with Gasteiger partial charge in [0.05, 0.1) is 16.1 Å². The van der Waals surface area contributed by atoms with Crippen LogP contribution in [0, 0.1) is 0 Å². The van der Waals surface area contributed by atoms with Gasteiger partial charge < -0.3 is 10.1 Å². The summed E-state index contributed by atoms with van der Waals surface area (Å²) in [5, 5.41) is 2.90. The highest BCUT2D eigenvalue weighted by Crippen LogP contribution is 2.35. The molecule has 36 heavy (non-hydrogen) atoms. The molecule has 0 bridgehead atoms. The number of hydrogen-bond donors (Lipinski definition) is 1. The van der Waals surface area contributed by atoms with Crippen LogP contribution in [0.3, 0.4) is 0 Å². The Kier molecular flexibility index (Phi) is 9.67. The number of halogens is 2. The molecule has 0 atom stereocenters. The lowest BCUT2D eigenvalue weighted by Crippen LogP contribution is -2.31. The zero-order chi connectivity index (χ0) is 26.2. The molecule has 2 aromatic carbocycles. The Bertz CT molecular complexity index is 1160. The van der Waals surface area contributed by atoms with Crippen LogP contribution in [0.2, 0.25) is 10.0 Å². The average molecular weight is 531 g/mol. The van der Waals surface area contributed by atoms with E-state index < -0.39 is 0 Å². The number of carbonyl (C=O) groups is 4. The molecule has 0 saturated heterocycles. The van der Waals surface area contributed by atoms with E-state index >= 15 is 0 Å². The molecule has 1 aliphatic rings. The molecule has 0 spiro atoms. The van der Waals surface area contributed by atoms with Crippen LogP contribution in [0.5, 0.6) is 5.75 Å². The number of rotatable bonds is 13. The predicted octanol–water partition coefficient (Wildman–Crippen LogP) is 5.49. The maximum absolute atomic E-state index is 12.3. The van der Waals surface area contributed by atoms with E-state index in [9.17, 15) is 19.2 Å². The fourth-order valence-electron chi connectivity index (χ4n) is 3.78. The number of Topliss-reactive ketones (excluding diaryl/α,β-unsaturated/α-hetero) is 1. The Morgan fingerprint density at radius 2 is 1.58 bits per heavy atom. The number of hydrogen-bond acceptors (Lipinski definition) is 5. The summed E-state index contributed by atoms with van der Waals surface area (Å²) in [4.78, 5) is 50.4. The van der Waals surface area contributed by atoms with Crippen molar-refractivity contribution >= 4 is 46.7 Å². The highest BCUT2D eigenvalue weighted by molar-refractivity contribution is 6.45. The first-order chi connectivity index (χ1) is 17.3. The van der Waals surface area contributed by atoms with Crippen molar-refractivity contribution < 1.29 is 23.9 Å². The van der Waals surface area contributed by atoms with Crippen molar-refractivity contribution in [2.75, 3.05) is 19.7 Å². The van der Waals surface area contributed by atoms with Crippen molar-refractivity contribution in [2.45, 2.75) is 39.0 Å². The first kappa shape index (κ1) is 27.4. The van der Waals surface area contributed by atoms with Crippen LogP contribution in [0.4, 0.5) is 0 Å². The fraction of sp³-hybridized carbons (Fsp3) is 0.333. The number of ether oxygens (including phenoxy) is 1. The lowest BCUT2D eigenvalue weighted by Gasteiger charge is -2.13. The minimum atomic E-state index is -0.312. The molecular formula is C27H28Cl2N2O5. The van der Waals surface area contributed by atoms with Gasteiger partial charge >= 0.3 is 0 Å². The van der Waals surface area contributed by atoms with Crippen LogP contribution < -0.4 is 10.1 Å². The molecule has 0 fully saturated rings. The van der Waals surface area contributed by atoms with E-state index in [4.69, 9.17) is 27.9 Å². The van der Waals surface area contributed by atoms with E-state index in [0.29, 0.717) is 42.6 Å². The standard InChI is InChI=1S/C27H28Cl2N2O5/c1-3-17(2)25(33)20-12-13-21(24(29)23(20)28)36-16-22(32)30-14-8-4-5-9-15-31-26(34)18-10-6-7-11-19(18)27(31)35/h6-7,10-13H,2-5,8-9,14-16H2,1H3,(H,30,32). The largest absolute Gasteiger partial charge is 0.482 e. The van der Waals surface area contributed by atoms with Gasteiger partial charge in [0.15, 0.2) is 12.4 Å². The fourth-order valence-corrected chi connectivity index (χ4v) is 4.24. The predicted molar refractivity (Wildman–Crippen MR) is 139 cm³/mol. The van der Waals surface area contributed by atoms with Crippen LogP contribution in [0.25, 0.3) is 0 Å². The van der Waals surface area contributed by atoms with E-state index in [1.165, 1.54) is 17.0 Å². The van der Waals surface area contributed by atoms with Gasteiger partial charge in [-0.3, -0.25) is 24.1 Å². The Hall–Kier alpha value is -3.16. The molecule has 0 radical (unpaired) electrons. The molecule has 2 aromatic rings. The second-order valence-corrected chi connectivity index (χ2v) is 9.14. The summed E-state index contributed by atoms with van der Waals surface area (Å²) in [6, 6.07) is 9.86. The second kappa shape index (κ2) is 12.7. The van der Waals surface area contributed by atoms with Crippen LogP contribution in [0.15, 0.2) is 48.6 Å². The zero-order valence-corrected chi connectivity index (χ0v) is 21.6. The van der Waals surface area contributed by atoms with E-state index in [1.807, 2.05) is 6.92 Å². The lowest BCUT2D eigenvalue weighted by molar-refractivity contribution is -0.123. The van der Waals surface area contributed by atoms with Crippen molar-refractivity contribution in [1.82, 2.24) is 10.2 Å². The Morgan fingerprint density at radius 3 is 2.22 bits per heavy atom. The third-order valence-electron chi connectivity index (χ3n) is 5.91. The van der Waals surface area contributed by atoms with Gasteiger partial charge in [-0.05, 0) is 49.1 Å². The van der Waals surface area contributed by atoms with Gasteiger partial charge in [0.25, 0.3) is 17.7 Å². The molecule has 9 heteroatoms. The van der Waals surface area contributed by atoms with Crippen molar-refractivity contribution in [3.63, 3.8) is 0 Å². The van der Waals surface area contributed by atoms with Gasteiger partial charge in [-0.25, -0.2) is 0 Å². The molecule has 0 aromatic heterocycles. The topological polar surface area (TPSA) is 92.8 Å². The number of fused-ring (bicyclic) bond motifs is 1. The maximum atomic E-state index is 12.3. The molecule has 0 aliphatic carbocycles. The molecule has 190 valence electrons. The monoisotopic (exact) mass is 530 g/mol. The van der Waals surface area contributed by atoms with Gasteiger partial charge in [-0.15, -0.1) is 0 Å². The number of imide groups is 1. The molecule has 1 N–H and O–H groups in total. The first-order valence-corrected chi connectivity index (χ1v) is 12.6. The Balaban J connectivity index is 1.33. The minimum Gasteiger partial charge on any atom is -0.482 e. The summed E-state index contributed by atoms with van der Waals surface area (Å²) >= 11 is 12.4. The van der Waals surface area contributed by atoms with Crippen LogP contribution in [-0.2, 0) is 4.79 Å². The van der Waals surface area contributed by atoms with Gasteiger partial charge in [-0.2, -0.15) is 0 Å². The molecule has 0 saturated carbocycles. The number of carbonyl (C=O) groups excluding carboxylic acids is 4. The van der Waals surface area contributed by atoms with E-state index in [2.05, 4.69) is 11.9 Å². The Labute approximate surface area is 220 Å². The lowest BCUT2D eigenvalue weighted by atomic mass is 10.0. The van der Waals surface area contributed by atoms with Crippen molar-refractivity contribution in [1.29, 1.82) is 0 Å². The highest BCUT2D eigenvalue weighted by atomic mass is 35.5. The third-order valence-corrected chi connectivity index (χ3v) is 6.77. The summed E-state index contributed by atoms with van der Waals surface area (Å²) in [6.45, 7) is 6.15. The summed E-state index contributed by atoms with van der Waals surface area (Å²) in [5.74, 6) is -0.859. The molecule has 1 aliphatic heterocycles. The molecule has 7 nitrogen and oxygen atoms in total. The van der Waals surface area contributed by atoms with Crippen molar-refractivity contribution in [3.05, 3.63) is 75.3 Å². The van der Waals surface area contributed by atoms with E-state index in [-0.39, 0.29) is 51.5 Å². The number of nitrogens with zero attached hydrogens (tertiary/aromatic N) is 1.